The van der Waals surface area contributed by atoms with Crippen molar-refractivity contribution in [3.05, 3.63) is 29.8 Å². The molecule has 0 aromatic heterocycles. The molecule has 2 amide bonds. The molecule has 0 bridgehead atoms. The van der Waals surface area contributed by atoms with Gasteiger partial charge in [-0.3, -0.25) is 19.8 Å². The lowest BCUT2D eigenvalue weighted by molar-refractivity contribution is -0.134. The van der Waals surface area contributed by atoms with Gasteiger partial charge in [-0.2, -0.15) is 0 Å². The van der Waals surface area contributed by atoms with Crippen molar-refractivity contribution < 1.29 is 9.59 Å². The van der Waals surface area contributed by atoms with E-state index in [9.17, 15) is 9.59 Å². The molecular weight excluding hydrogens is 400 g/mol. The Hall–Kier alpha value is -1.63. The summed E-state index contributed by atoms with van der Waals surface area (Å²) in [5.74, 6) is 0.290. The SMILES string of the molecule is C[C@@H]1CN(c2ccc(C3CCC(=O)NC3=O)cc2)C[C@H](C)N1CC1CCNCC1.Cl. The van der Waals surface area contributed by atoms with E-state index in [-0.39, 0.29) is 30.1 Å². The molecule has 1 aromatic carbocycles. The van der Waals surface area contributed by atoms with Crippen molar-refractivity contribution in [2.75, 3.05) is 37.6 Å². The molecule has 0 saturated carbocycles. The first kappa shape index (κ1) is 23.0. The molecule has 7 heteroatoms. The number of nitrogens with zero attached hydrogens (tertiary/aromatic N) is 2. The summed E-state index contributed by atoms with van der Waals surface area (Å²) >= 11 is 0. The average molecular weight is 435 g/mol. The Labute approximate surface area is 186 Å². The van der Waals surface area contributed by atoms with Gasteiger partial charge in [-0.1, -0.05) is 12.1 Å². The highest BCUT2D eigenvalue weighted by Crippen LogP contribution is 2.29. The van der Waals surface area contributed by atoms with Gasteiger partial charge in [0, 0.05) is 43.8 Å². The van der Waals surface area contributed by atoms with E-state index in [0.29, 0.717) is 24.9 Å². The summed E-state index contributed by atoms with van der Waals surface area (Å²) in [6.07, 6.45) is 3.61. The molecular formula is C23H35ClN4O2. The Balaban J connectivity index is 0.00000256. The number of piperazine rings is 1. The van der Waals surface area contributed by atoms with Crippen LogP contribution < -0.4 is 15.5 Å². The van der Waals surface area contributed by atoms with E-state index in [1.54, 1.807) is 0 Å². The Morgan fingerprint density at radius 1 is 0.967 bits per heavy atom. The number of piperidine rings is 2. The van der Waals surface area contributed by atoms with Gasteiger partial charge in [0.25, 0.3) is 0 Å². The van der Waals surface area contributed by atoms with Crippen molar-refractivity contribution in [3.63, 3.8) is 0 Å². The number of carbonyl (C=O) groups is 2. The van der Waals surface area contributed by atoms with Crippen LogP contribution in [0.15, 0.2) is 24.3 Å². The third kappa shape index (κ3) is 5.16. The molecule has 4 rings (SSSR count). The van der Waals surface area contributed by atoms with E-state index in [1.807, 2.05) is 0 Å². The second-order valence-electron chi connectivity index (χ2n) is 9.09. The lowest BCUT2D eigenvalue weighted by Gasteiger charge is -2.47. The fourth-order valence-corrected chi connectivity index (χ4v) is 5.22. The monoisotopic (exact) mass is 434 g/mol. The summed E-state index contributed by atoms with van der Waals surface area (Å²) in [7, 11) is 0. The number of halogens is 1. The molecule has 3 heterocycles. The van der Waals surface area contributed by atoms with E-state index in [1.165, 1.54) is 25.1 Å². The number of hydrogen-bond donors (Lipinski definition) is 2. The zero-order chi connectivity index (χ0) is 20.4. The minimum atomic E-state index is -0.207. The zero-order valence-electron chi connectivity index (χ0n) is 18.1. The normalized spacial score (nSPS) is 28.7. The molecule has 1 aromatic rings. The smallest absolute Gasteiger partial charge is 0.234 e. The number of hydrogen-bond acceptors (Lipinski definition) is 5. The minimum Gasteiger partial charge on any atom is -0.368 e. The van der Waals surface area contributed by atoms with Crippen LogP contribution in [0.5, 0.6) is 0 Å². The third-order valence-electron chi connectivity index (χ3n) is 6.93. The summed E-state index contributed by atoms with van der Waals surface area (Å²) in [4.78, 5) is 28.7. The standard InChI is InChI=1S/C23H34N4O2.ClH/c1-16-13-26(14-17(2)27(16)15-18-9-11-24-12-10-18)20-5-3-19(4-6-20)21-7-8-22(28)25-23(21)29;/h3-6,16-18,21,24H,7-15H2,1-2H3,(H,25,28,29);1H/t16-,17+,21?;. The summed E-state index contributed by atoms with van der Waals surface area (Å²) in [6, 6.07) is 9.46. The van der Waals surface area contributed by atoms with E-state index >= 15 is 0 Å². The van der Waals surface area contributed by atoms with Gasteiger partial charge >= 0.3 is 0 Å². The van der Waals surface area contributed by atoms with Gasteiger partial charge in [-0.05, 0) is 69.8 Å². The number of imide groups is 1. The molecule has 3 saturated heterocycles. The van der Waals surface area contributed by atoms with E-state index in [4.69, 9.17) is 0 Å². The Bertz CT molecular complexity index is 723. The number of amides is 2. The highest BCUT2D eigenvalue weighted by atomic mass is 35.5. The maximum atomic E-state index is 12.1. The van der Waals surface area contributed by atoms with Crippen molar-refractivity contribution in [2.45, 2.75) is 57.5 Å². The highest BCUT2D eigenvalue weighted by Gasteiger charge is 2.32. The number of benzene rings is 1. The largest absolute Gasteiger partial charge is 0.368 e. The second kappa shape index (κ2) is 10.1. The number of nitrogens with one attached hydrogen (secondary N) is 2. The zero-order valence-corrected chi connectivity index (χ0v) is 18.9. The lowest BCUT2D eigenvalue weighted by atomic mass is 9.90. The molecule has 0 spiro atoms. The minimum absolute atomic E-state index is 0. The van der Waals surface area contributed by atoms with Crippen molar-refractivity contribution in [3.8, 4) is 0 Å². The van der Waals surface area contributed by atoms with Crippen molar-refractivity contribution >= 4 is 29.9 Å². The van der Waals surface area contributed by atoms with Crippen LogP contribution in [0, 0.1) is 5.92 Å². The van der Waals surface area contributed by atoms with Crippen LogP contribution in [-0.4, -0.2) is 61.5 Å². The molecule has 3 atom stereocenters. The molecule has 2 N–H and O–H groups in total. The predicted octanol–water partition coefficient (Wildman–Crippen LogP) is 2.53. The first-order valence-electron chi connectivity index (χ1n) is 11.2. The van der Waals surface area contributed by atoms with Crippen molar-refractivity contribution in [1.82, 2.24) is 15.5 Å². The molecule has 6 nitrogen and oxygen atoms in total. The maximum absolute atomic E-state index is 12.1. The van der Waals surface area contributed by atoms with Crippen LogP contribution in [-0.2, 0) is 9.59 Å². The third-order valence-corrected chi connectivity index (χ3v) is 6.93. The molecule has 30 heavy (non-hydrogen) atoms. The molecule has 0 radical (unpaired) electrons. The molecule has 0 aliphatic carbocycles. The Morgan fingerprint density at radius 3 is 2.20 bits per heavy atom. The van der Waals surface area contributed by atoms with Gasteiger partial charge in [0.15, 0.2) is 0 Å². The number of carbonyl (C=O) groups excluding carboxylic acids is 2. The van der Waals surface area contributed by atoms with Gasteiger partial charge in [0.2, 0.25) is 11.8 Å². The van der Waals surface area contributed by atoms with Crippen molar-refractivity contribution in [1.29, 1.82) is 0 Å². The van der Waals surface area contributed by atoms with Crippen LogP contribution in [0.2, 0.25) is 0 Å². The van der Waals surface area contributed by atoms with Crippen LogP contribution in [0.25, 0.3) is 0 Å². The topological polar surface area (TPSA) is 64.7 Å². The quantitative estimate of drug-likeness (QED) is 0.713. The molecule has 1 unspecified atom stereocenters. The summed E-state index contributed by atoms with van der Waals surface area (Å²) < 4.78 is 0. The molecule has 3 aliphatic rings. The van der Waals surface area contributed by atoms with Gasteiger partial charge in [-0.15, -0.1) is 12.4 Å². The van der Waals surface area contributed by atoms with Gasteiger partial charge in [-0.25, -0.2) is 0 Å². The summed E-state index contributed by atoms with van der Waals surface area (Å²) in [5.41, 5.74) is 2.23. The van der Waals surface area contributed by atoms with Crippen molar-refractivity contribution in [2.24, 2.45) is 5.92 Å². The molecule has 3 aliphatic heterocycles. The van der Waals surface area contributed by atoms with Gasteiger partial charge < -0.3 is 10.2 Å². The van der Waals surface area contributed by atoms with Crippen LogP contribution in [0.3, 0.4) is 0 Å². The van der Waals surface area contributed by atoms with Crippen LogP contribution in [0.4, 0.5) is 5.69 Å². The van der Waals surface area contributed by atoms with Gasteiger partial charge in [0.05, 0.1) is 5.92 Å². The van der Waals surface area contributed by atoms with E-state index in [2.05, 4.69) is 58.5 Å². The van der Waals surface area contributed by atoms with Crippen LogP contribution in [0.1, 0.15) is 51.0 Å². The Kier molecular flexibility index (Phi) is 7.77. The summed E-state index contributed by atoms with van der Waals surface area (Å²) in [5, 5.41) is 5.93. The first-order chi connectivity index (χ1) is 14.0. The summed E-state index contributed by atoms with van der Waals surface area (Å²) in [6.45, 7) is 10.3. The predicted molar refractivity (Wildman–Crippen MR) is 122 cm³/mol. The lowest BCUT2D eigenvalue weighted by Crippen LogP contribution is -2.58. The second-order valence-corrected chi connectivity index (χ2v) is 9.09. The molecule has 166 valence electrons. The highest BCUT2D eigenvalue weighted by molar-refractivity contribution is 6.00. The maximum Gasteiger partial charge on any atom is 0.234 e. The molecule has 3 fully saturated rings. The first-order valence-corrected chi connectivity index (χ1v) is 11.2. The number of rotatable bonds is 4. The van der Waals surface area contributed by atoms with Gasteiger partial charge in [0.1, 0.15) is 0 Å². The fraction of sp³-hybridized carbons (Fsp3) is 0.652. The fourth-order valence-electron chi connectivity index (χ4n) is 5.22. The Morgan fingerprint density at radius 2 is 1.60 bits per heavy atom. The number of anilines is 1. The average Bonchev–Trinajstić information content (AvgIpc) is 2.71. The van der Waals surface area contributed by atoms with E-state index < -0.39 is 0 Å². The van der Waals surface area contributed by atoms with Crippen LogP contribution >= 0.6 is 12.4 Å². The van der Waals surface area contributed by atoms with E-state index in [0.717, 1.165) is 37.7 Å².